The van der Waals surface area contributed by atoms with Crippen LogP contribution in [0.2, 0.25) is 0 Å². The van der Waals surface area contributed by atoms with Crippen molar-refractivity contribution in [3.05, 3.63) is 70.7 Å². The maximum atomic E-state index is 12.9. The lowest BCUT2D eigenvalue weighted by Crippen LogP contribution is -2.25. The summed E-state index contributed by atoms with van der Waals surface area (Å²) in [5.41, 5.74) is 1.81. The van der Waals surface area contributed by atoms with Gasteiger partial charge >= 0.3 is 0 Å². The van der Waals surface area contributed by atoms with Crippen molar-refractivity contribution >= 4 is 22.6 Å². The highest BCUT2D eigenvalue weighted by molar-refractivity contribution is 5.91. The Balaban J connectivity index is 1.64. The van der Waals surface area contributed by atoms with E-state index in [1.54, 1.807) is 29.0 Å². The van der Waals surface area contributed by atoms with Gasteiger partial charge in [-0.2, -0.15) is 0 Å². The molecule has 0 radical (unpaired) electrons. The van der Waals surface area contributed by atoms with Crippen LogP contribution in [0.4, 0.5) is 0 Å². The van der Waals surface area contributed by atoms with E-state index in [0.29, 0.717) is 29.4 Å². The number of furan rings is 1. The van der Waals surface area contributed by atoms with Crippen LogP contribution in [0.1, 0.15) is 36.6 Å². The third-order valence-electron chi connectivity index (χ3n) is 4.70. The number of rotatable bonds is 6. The normalized spacial score (nSPS) is 11.5. The molecule has 1 N–H and O–H groups in total. The minimum absolute atomic E-state index is 0.157. The Labute approximate surface area is 161 Å². The van der Waals surface area contributed by atoms with Crippen molar-refractivity contribution in [1.29, 1.82) is 0 Å². The van der Waals surface area contributed by atoms with Gasteiger partial charge in [0.1, 0.15) is 11.3 Å². The summed E-state index contributed by atoms with van der Waals surface area (Å²) in [4.78, 5) is 29.5. The van der Waals surface area contributed by atoms with Gasteiger partial charge in [-0.1, -0.05) is 13.8 Å². The maximum Gasteiger partial charge on any atom is 0.286 e. The van der Waals surface area contributed by atoms with Gasteiger partial charge in [0, 0.05) is 18.9 Å². The second kappa shape index (κ2) is 7.34. The summed E-state index contributed by atoms with van der Waals surface area (Å²) in [6.07, 6.45) is 4.41. The standard InChI is InChI=1S/C21H22N4O3/c1-14(2)9-11-23-20(26)18-8-7-15(28-18)13-25-19-16(5-3-10-22-19)24-12-4-6-17(24)21(25)27/h3-8,10,12,14H,9,11,13H2,1-2H3,(H,23,26). The lowest BCUT2D eigenvalue weighted by molar-refractivity contribution is 0.0922. The Kier molecular flexibility index (Phi) is 4.73. The van der Waals surface area contributed by atoms with Gasteiger partial charge in [-0.3, -0.25) is 14.2 Å². The molecule has 0 atom stereocenters. The number of pyridine rings is 1. The topological polar surface area (TPSA) is 81.5 Å². The van der Waals surface area contributed by atoms with E-state index in [0.717, 1.165) is 11.9 Å². The van der Waals surface area contributed by atoms with Crippen molar-refractivity contribution in [2.45, 2.75) is 26.8 Å². The maximum absolute atomic E-state index is 12.9. The zero-order chi connectivity index (χ0) is 19.7. The van der Waals surface area contributed by atoms with Gasteiger partial charge in [-0.25, -0.2) is 4.98 Å². The van der Waals surface area contributed by atoms with Crippen LogP contribution in [0.3, 0.4) is 0 Å². The summed E-state index contributed by atoms with van der Waals surface area (Å²) in [7, 11) is 0. The van der Waals surface area contributed by atoms with Crippen LogP contribution in [-0.4, -0.2) is 26.4 Å². The predicted octanol–water partition coefficient (Wildman–Crippen LogP) is 3.07. The Morgan fingerprint density at radius 1 is 1.18 bits per heavy atom. The zero-order valence-corrected chi connectivity index (χ0v) is 15.9. The summed E-state index contributed by atoms with van der Waals surface area (Å²) in [5.74, 6) is 1.04. The van der Waals surface area contributed by atoms with Crippen LogP contribution >= 0.6 is 0 Å². The van der Waals surface area contributed by atoms with Crippen LogP contribution in [0, 0.1) is 5.92 Å². The van der Waals surface area contributed by atoms with Crippen molar-refractivity contribution in [2.24, 2.45) is 5.92 Å². The SMILES string of the molecule is CC(C)CCNC(=O)c1ccc(Cn2c(=O)c3cccn3c3cccnc32)o1. The number of hydrogen-bond acceptors (Lipinski definition) is 4. The number of carbonyl (C=O) groups excluding carboxylic acids is 1. The molecule has 0 aliphatic carbocycles. The highest BCUT2D eigenvalue weighted by atomic mass is 16.4. The molecule has 0 saturated carbocycles. The van der Waals surface area contributed by atoms with Crippen molar-refractivity contribution in [3.63, 3.8) is 0 Å². The Hall–Kier alpha value is -3.35. The molecule has 0 aromatic carbocycles. The average Bonchev–Trinajstić information content (AvgIpc) is 3.34. The second-order valence-corrected chi connectivity index (χ2v) is 7.21. The van der Waals surface area contributed by atoms with Crippen LogP contribution < -0.4 is 10.9 Å². The van der Waals surface area contributed by atoms with Gasteiger partial charge in [0.15, 0.2) is 11.4 Å². The Morgan fingerprint density at radius 2 is 2.00 bits per heavy atom. The minimum Gasteiger partial charge on any atom is -0.454 e. The van der Waals surface area contributed by atoms with Crippen molar-refractivity contribution in [2.75, 3.05) is 6.54 Å². The number of aromatic nitrogens is 3. The summed E-state index contributed by atoms with van der Waals surface area (Å²) in [6, 6.07) is 10.7. The molecule has 0 spiro atoms. The van der Waals surface area contributed by atoms with E-state index in [4.69, 9.17) is 4.42 Å². The van der Waals surface area contributed by atoms with Gasteiger partial charge in [0.05, 0.1) is 12.1 Å². The van der Waals surface area contributed by atoms with Crippen LogP contribution in [-0.2, 0) is 6.54 Å². The van der Waals surface area contributed by atoms with E-state index in [-0.39, 0.29) is 23.8 Å². The molecule has 4 aromatic heterocycles. The van der Waals surface area contributed by atoms with Gasteiger partial charge in [0.25, 0.3) is 11.5 Å². The number of carbonyl (C=O) groups is 1. The van der Waals surface area contributed by atoms with Crippen molar-refractivity contribution < 1.29 is 9.21 Å². The van der Waals surface area contributed by atoms with Gasteiger partial charge < -0.3 is 14.1 Å². The molecule has 28 heavy (non-hydrogen) atoms. The molecule has 0 saturated heterocycles. The fourth-order valence-corrected chi connectivity index (χ4v) is 3.23. The molecule has 0 aliphatic heterocycles. The summed E-state index contributed by atoms with van der Waals surface area (Å²) in [6.45, 7) is 5.02. The van der Waals surface area contributed by atoms with Crippen molar-refractivity contribution in [1.82, 2.24) is 19.3 Å². The molecule has 0 bridgehead atoms. The zero-order valence-electron chi connectivity index (χ0n) is 15.9. The summed E-state index contributed by atoms with van der Waals surface area (Å²) >= 11 is 0. The third kappa shape index (κ3) is 3.31. The molecule has 0 aliphatic rings. The number of nitrogens with zero attached hydrogens (tertiary/aromatic N) is 3. The first-order valence-corrected chi connectivity index (χ1v) is 9.36. The predicted molar refractivity (Wildman–Crippen MR) is 107 cm³/mol. The first-order valence-electron chi connectivity index (χ1n) is 9.36. The van der Waals surface area contributed by atoms with Gasteiger partial charge in [-0.05, 0) is 48.7 Å². The molecule has 7 heteroatoms. The highest BCUT2D eigenvalue weighted by Crippen LogP contribution is 2.16. The number of hydrogen-bond donors (Lipinski definition) is 1. The molecular weight excluding hydrogens is 356 g/mol. The molecular formula is C21H22N4O3. The summed E-state index contributed by atoms with van der Waals surface area (Å²) in [5, 5.41) is 2.85. The fraction of sp³-hybridized carbons (Fsp3) is 0.286. The lowest BCUT2D eigenvalue weighted by Gasteiger charge is -2.10. The van der Waals surface area contributed by atoms with E-state index in [9.17, 15) is 9.59 Å². The van der Waals surface area contributed by atoms with E-state index >= 15 is 0 Å². The van der Waals surface area contributed by atoms with Gasteiger partial charge in [-0.15, -0.1) is 0 Å². The van der Waals surface area contributed by atoms with E-state index in [2.05, 4.69) is 24.1 Å². The van der Waals surface area contributed by atoms with Crippen LogP contribution in [0.15, 0.2) is 58.0 Å². The largest absolute Gasteiger partial charge is 0.454 e. The fourth-order valence-electron chi connectivity index (χ4n) is 3.23. The molecule has 0 unspecified atom stereocenters. The lowest BCUT2D eigenvalue weighted by atomic mass is 10.1. The molecule has 4 aromatic rings. The summed E-state index contributed by atoms with van der Waals surface area (Å²) < 4.78 is 9.10. The Bertz CT molecular complexity index is 1200. The first kappa shape index (κ1) is 18.0. The van der Waals surface area contributed by atoms with Crippen molar-refractivity contribution in [3.8, 4) is 0 Å². The monoisotopic (exact) mass is 378 g/mol. The highest BCUT2D eigenvalue weighted by Gasteiger charge is 2.15. The number of nitrogens with one attached hydrogen (secondary N) is 1. The molecule has 1 amide bonds. The molecule has 0 fully saturated rings. The first-order chi connectivity index (χ1) is 13.5. The second-order valence-electron chi connectivity index (χ2n) is 7.21. The van der Waals surface area contributed by atoms with E-state index in [1.807, 2.05) is 28.8 Å². The van der Waals surface area contributed by atoms with Crippen LogP contribution in [0.25, 0.3) is 16.7 Å². The quantitative estimate of drug-likeness (QED) is 0.559. The number of amides is 1. The number of fused-ring (bicyclic) bond motifs is 3. The average molecular weight is 378 g/mol. The molecule has 7 nitrogen and oxygen atoms in total. The van der Waals surface area contributed by atoms with E-state index in [1.165, 1.54) is 0 Å². The van der Waals surface area contributed by atoms with Crippen LogP contribution in [0.5, 0.6) is 0 Å². The minimum atomic E-state index is -0.246. The third-order valence-corrected chi connectivity index (χ3v) is 4.70. The van der Waals surface area contributed by atoms with E-state index < -0.39 is 0 Å². The molecule has 4 rings (SSSR count). The molecule has 4 heterocycles. The van der Waals surface area contributed by atoms with Gasteiger partial charge in [0.2, 0.25) is 0 Å². The Morgan fingerprint density at radius 3 is 2.82 bits per heavy atom. The smallest absolute Gasteiger partial charge is 0.286 e. The molecule has 144 valence electrons.